The fraction of sp³-hybridized carbons (Fsp3) is 0.455. The predicted molar refractivity (Wildman–Crippen MR) is 99.3 cm³/mol. The van der Waals surface area contributed by atoms with E-state index in [0.29, 0.717) is 24.7 Å². The van der Waals surface area contributed by atoms with Crippen LogP contribution < -0.4 is 0 Å². The molecule has 27 heavy (non-hydrogen) atoms. The quantitative estimate of drug-likeness (QED) is 0.634. The summed E-state index contributed by atoms with van der Waals surface area (Å²) in [7, 11) is 1.44. The SMILES string of the molecule is CCCC[C@H]1CO[C@H](c2ccc(C(OC)c3c(F)cccc3F)cc2)OC1. The topological polar surface area (TPSA) is 27.7 Å². The first kappa shape index (κ1) is 19.9. The predicted octanol–water partition coefficient (Wildman–Crippen LogP) is 5.55. The lowest BCUT2D eigenvalue weighted by Gasteiger charge is -2.30. The van der Waals surface area contributed by atoms with Crippen LogP contribution >= 0.6 is 0 Å². The Morgan fingerprint density at radius 3 is 2.22 bits per heavy atom. The third-order valence-electron chi connectivity index (χ3n) is 4.94. The molecule has 1 saturated heterocycles. The average molecular weight is 376 g/mol. The van der Waals surface area contributed by atoms with Crippen molar-refractivity contribution in [1.82, 2.24) is 0 Å². The van der Waals surface area contributed by atoms with Crippen LogP contribution in [0.1, 0.15) is 55.3 Å². The third kappa shape index (κ3) is 4.72. The van der Waals surface area contributed by atoms with E-state index in [-0.39, 0.29) is 5.56 Å². The molecule has 0 N–H and O–H groups in total. The summed E-state index contributed by atoms with van der Waals surface area (Å²) in [6, 6.07) is 11.1. The summed E-state index contributed by atoms with van der Waals surface area (Å²) < 4.78 is 45.3. The Morgan fingerprint density at radius 2 is 1.67 bits per heavy atom. The summed E-state index contributed by atoms with van der Waals surface area (Å²) in [5, 5.41) is 0. The Kier molecular flexibility index (Phi) is 6.94. The number of benzene rings is 2. The fourth-order valence-corrected chi connectivity index (χ4v) is 3.40. The van der Waals surface area contributed by atoms with Gasteiger partial charge in [0, 0.05) is 18.6 Å². The highest BCUT2D eigenvalue weighted by molar-refractivity contribution is 5.34. The molecule has 3 nitrogen and oxygen atoms in total. The van der Waals surface area contributed by atoms with E-state index in [4.69, 9.17) is 14.2 Å². The van der Waals surface area contributed by atoms with Gasteiger partial charge in [-0.25, -0.2) is 8.78 Å². The molecular formula is C22H26F2O3. The van der Waals surface area contributed by atoms with Crippen LogP contribution in [0.3, 0.4) is 0 Å². The van der Waals surface area contributed by atoms with Gasteiger partial charge in [-0.3, -0.25) is 0 Å². The monoisotopic (exact) mass is 376 g/mol. The molecule has 0 bridgehead atoms. The first-order valence-corrected chi connectivity index (χ1v) is 9.43. The van der Waals surface area contributed by atoms with Crippen LogP contribution in [0.4, 0.5) is 8.78 Å². The van der Waals surface area contributed by atoms with Gasteiger partial charge in [-0.1, -0.05) is 50.1 Å². The third-order valence-corrected chi connectivity index (χ3v) is 4.94. The molecule has 0 aliphatic carbocycles. The molecule has 146 valence electrons. The number of ether oxygens (including phenoxy) is 3. The Bertz CT molecular complexity index is 705. The molecule has 0 spiro atoms. The molecular weight excluding hydrogens is 350 g/mol. The summed E-state index contributed by atoms with van der Waals surface area (Å²) in [4.78, 5) is 0. The molecule has 0 aromatic heterocycles. The van der Waals surface area contributed by atoms with Gasteiger partial charge < -0.3 is 14.2 Å². The van der Waals surface area contributed by atoms with Gasteiger partial charge in [-0.05, 0) is 24.1 Å². The normalized spacial score (nSPS) is 21.2. The zero-order valence-corrected chi connectivity index (χ0v) is 15.8. The molecule has 3 rings (SSSR count). The van der Waals surface area contributed by atoms with E-state index >= 15 is 0 Å². The lowest BCUT2D eigenvalue weighted by atomic mass is 9.98. The van der Waals surface area contributed by atoms with Crippen molar-refractivity contribution in [3.63, 3.8) is 0 Å². The number of methoxy groups -OCH3 is 1. The second kappa shape index (κ2) is 9.40. The highest BCUT2D eigenvalue weighted by Gasteiger charge is 2.25. The lowest BCUT2D eigenvalue weighted by molar-refractivity contribution is -0.206. The summed E-state index contributed by atoms with van der Waals surface area (Å²) >= 11 is 0. The van der Waals surface area contributed by atoms with Crippen molar-refractivity contribution in [1.29, 1.82) is 0 Å². The van der Waals surface area contributed by atoms with Gasteiger partial charge in [0.1, 0.15) is 17.7 Å². The van der Waals surface area contributed by atoms with Crippen LogP contribution in [0.2, 0.25) is 0 Å². The fourth-order valence-electron chi connectivity index (χ4n) is 3.40. The molecule has 0 amide bonds. The number of unbranched alkanes of at least 4 members (excludes halogenated alkanes) is 1. The molecule has 1 aliphatic heterocycles. The van der Waals surface area contributed by atoms with E-state index in [9.17, 15) is 8.78 Å². The Hall–Kier alpha value is -1.82. The smallest absolute Gasteiger partial charge is 0.183 e. The van der Waals surface area contributed by atoms with Crippen LogP contribution in [-0.4, -0.2) is 20.3 Å². The van der Waals surface area contributed by atoms with Gasteiger partial charge in [-0.15, -0.1) is 0 Å². The van der Waals surface area contributed by atoms with Crippen molar-refractivity contribution < 1.29 is 23.0 Å². The van der Waals surface area contributed by atoms with E-state index in [2.05, 4.69) is 6.92 Å². The first-order chi connectivity index (χ1) is 13.1. The van der Waals surface area contributed by atoms with Crippen LogP contribution in [-0.2, 0) is 14.2 Å². The number of hydrogen-bond donors (Lipinski definition) is 0. The zero-order chi connectivity index (χ0) is 19.2. The summed E-state index contributed by atoms with van der Waals surface area (Å²) in [5.41, 5.74) is 1.47. The summed E-state index contributed by atoms with van der Waals surface area (Å²) in [5.74, 6) is -0.798. The van der Waals surface area contributed by atoms with Crippen molar-refractivity contribution in [3.05, 3.63) is 70.8 Å². The van der Waals surface area contributed by atoms with Gasteiger partial charge in [0.05, 0.1) is 18.8 Å². The molecule has 2 aromatic rings. The minimum Gasteiger partial charge on any atom is -0.372 e. The van der Waals surface area contributed by atoms with Crippen molar-refractivity contribution >= 4 is 0 Å². The van der Waals surface area contributed by atoms with Gasteiger partial charge in [0.2, 0.25) is 0 Å². The molecule has 1 aliphatic rings. The summed E-state index contributed by atoms with van der Waals surface area (Å²) in [6.45, 7) is 3.55. The Balaban J connectivity index is 1.70. The van der Waals surface area contributed by atoms with E-state index in [1.54, 1.807) is 12.1 Å². The zero-order valence-electron chi connectivity index (χ0n) is 15.8. The largest absolute Gasteiger partial charge is 0.372 e. The van der Waals surface area contributed by atoms with E-state index in [0.717, 1.165) is 12.0 Å². The second-order valence-electron chi connectivity index (χ2n) is 6.92. The van der Waals surface area contributed by atoms with Crippen molar-refractivity contribution in [2.45, 2.75) is 38.6 Å². The molecule has 0 radical (unpaired) electrons. The first-order valence-electron chi connectivity index (χ1n) is 9.43. The number of rotatable bonds is 7. The van der Waals surface area contributed by atoms with Gasteiger partial charge in [0.15, 0.2) is 6.29 Å². The lowest BCUT2D eigenvalue weighted by Crippen LogP contribution is -2.27. The van der Waals surface area contributed by atoms with Crippen molar-refractivity contribution in [2.24, 2.45) is 5.92 Å². The van der Waals surface area contributed by atoms with Crippen molar-refractivity contribution in [2.75, 3.05) is 20.3 Å². The van der Waals surface area contributed by atoms with Gasteiger partial charge in [0.25, 0.3) is 0 Å². The molecule has 5 heteroatoms. The van der Waals surface area contributed by atoms with E-state index < -0.39 is 24.0 Å². The molecule has 1 atom stereocenters. The molecule has 0 saturated carbocycles. The number of halogens is 2. The number of hydrogen-bond acceptors (Lipinski definition) is 3. The molecule has 1 unspecified atom stereocenters. The molecule has 1 fully saturated rings. The Morgan fingerprint density at radius 1 is 1.04 bits per heavy atom. The van der Waals surface area contributed by atoms with Crippen LogP contribution in [0.5, 0.6) is 0 Å². The Labute approximate surface area is 159 Å². The molecule has 2 aromatic carbocycles. The minimum absolute atomic E-state index is 0.0864. The standard InChI is InChI=1S/C22H26F2O3/c1-3-4-6-15-13-26-22(27-14-15)17-11-9-16(10-12-17)21(25-2)20-18(23)7-5-8-19(20)24/h5,7-12,15,21-22H,3-4,6,13-14H2,1-2H3/t15-,21?,22-. The highest BCUT2D eigenvalue weighted by atomic mass is 19.1. The van der Waals surface area contributed by atoms with Crippen molar-refractivity contribution in [3.8, 4) is 0 Å². The van der Waals surface area contributed by atoms with E-state index in [1.807, 2.05) is 12.1 Å². The second-order valence-corrected chi connectivity index (χ2v) is 6.92. The van der Waals surface area contributed by atoms with Crippen LogP contribution in [0.25, 0.3) is 0 Å². The maximum absolute atomic E-state index is 14.1. The summed E-state index contributed by atoms with van der Waals surface area (Å²) in [6.07, 6.45) is 2.26. The minimum atomic E-state index is -0.813. The average Bonchev–Trinajstić information content (AvgIpc) is 2.70. The van der Waals surface area contributed by atoms with Crippen LogP contribution in [0.15, 0.2) is 42.5 Å². The maximum atomic E-state index is 14.1. The maximum Gasteiger partial charge on any atom is 0.183 e. The molecule has 1 heterocycles. The van der Waals surface area contributed by atoms with Gasteiger partial charge >= 0.3 is 0 Å². The van der Waals surface area contributed by atoms with Gasteiger partial charge in [-0.2, -0.15) is 0 Å². The van der Waals surface area contributed by atoms with E-state index in [1.165, 1.54) is 38.2 Å². The highest BCUT2D eigenvalue weighted by Crippen LogP contribution is 2.32. The van der Waals surface area contributed by atoms with Crippen LogP contribution in [0, 0.1) is 17.6 Å².